The van der Waals surface area contributed by atoms with E-state index >= 15 is 0 Å². The highest BCUT2D eigenvalue weighted by molar-refractivity contribution is 7.09. The molecule has 0 bridgehead atoms. The van der Waals surface area contributed by atoms with Gasteiger partial charge >= 0.3 is 6.36 Å². The van der Waals surface area contributed by atoms with Crippen LogP contribution >= 0.6 is 11.3 Å². The molecule has 3 heterocycles. The Morgan fingerprint density at radius 1 is 1.22 bits per heavy atom. The van der Waals surface area contributed by atoms with Crippen LogP contribution in [0.5, 0.6) is 5.75 Å². The van der Waals surface area contributed by atoms with Crippen LogP contribution in [0, 0.1) is 19.8 Å². The van der Waals surface area contributed by atoms with E-state index in [9.17, 15) is 18.0 Å². The number of rotatable bonds is 8. The minimum atomic E-state index is -4.77. The maximum Gasteiger partial charge on any atom is 0.573 e. The quantitative estimate of drug-likeness (QED) is 0.285. The summed E-state index contributed by atoms with van der Waals surface area (Å²) in [5, 5.41) is 6.90. The van der Waals surface area contributed by atoms with Gasteiger partial charge in [-0.3, -0.25) is 9.69 Å². The number of amides is 1. The van der Waals surface area contributed by atoms with Gasteiger partial charge in [-0.25, -0.2) is 4.98 Å². The normalized spacial score (nSPS) is 18.7. The number of thiazole rings is 1. The third-order valence-corrected chi connectivity index (χ3v) is 8.54. The lowest BCUT2D eigenvalue weighted by Crippen LogP contribution is -2.32. The third-order valence-electron chi connectivity index (χ3n) is 7.62. The number of hydrogen-bond acceptors (Lipinski definition) is 8. The monoisotopic (exact) mass is 583 g/mol. The molecule has 0 radical (unpaired) electrons. The molecule has 2 unspecified atom stereocenters. The minimum absolute atomic E-state index is 0.0585. The summed E-state index contributed by atoms with van der Waals surface area (Å²) in [4.78, 5) is 25.1. The Balaban J connectivity index is 1.25. The van der Waals surface area contributed by atoms with Crippen LogP contribution < -0.4 is 10.1 Å². The summed E-state index contributed by atoms with van der Waals surface area (Å²) in [6, 6.07) is 9.96. The van der Waals surface area contributed by atoms with Gasteiger partial charge < -0.3 is 14.6 Å². The second-order valence-electron chi connectivity index (χ2n) is 10.5. The zero-order chi connectivity index (χ0) is 28.7. The average Bonchev–Trinajstić information content (AvgIpc) is 3.46. The standard InChI is InChI=1S/C29H28F3N5O3S/c1-16-26(41-15-34-16)14-37-9-8-22-21(18-4-3-5-20(10-18)39-29(30,31)32)7-6-19(25(22)13-37)12-33-27(38)23-11-24(23)28-35-17(2)36-40-28/h3-7,10,15,23-24H,8-9,11-14H2,1-2H3,(H,33,38). The zero-order valence-electron chi connectivity index (χ0n) is 22.5. The molecule has 1 aliphatic carbocycles. The molecule has 6 rings (SSSR count). The number of carbonyl (C=O) groups is 1. The van der Waals surface area contributed by atoms with Gasteiger partial charge in [-0.1, -0.05) is 29.4 Å². The van der Waals surface area contributed by atoms with Gasteiger partial charge in [0, 0.05) is 31.1 Å². The number of aryl methyl sites for hydroxylation is 2. The first-order valence-corrected chi connectivity index (χ1v) is 14.2. The number of ether oxygens (including phenoxy) is 1. The van der Waals surface area contributed by atoms with Gasteiger partial charge in [0.25, 0.3) is 0 Å². The number of fused-ring (bicyclic) bond motifs is 1. The molecule has 41 heavy (non-hydrogen) atoms. The Morgan fingerprint density at radius 3 is 2.80 bits per heavy atom. The lowest BCUT2D eigenvalue weighted by atomic mass is 9.87. The summed E-state index contributed by atoms with van der Waals surface area (Å²) in [6.45, 7) is 6.29. The Labute approximate surface area is 238 Å². The van der Waals surface area contributed by atoms with E-state index in [-0.39, 0.29) is 23.5 Å². The number of hydrogen-bond donors (Lipinski definition) is 1. The van der Waals surface area contributed by atoms with E-state index in [0.717, 1.165) is 47.5 Å². The SMILES string of the molecule is Cc1noc(C2CC2C(=O)NCc2ccc(-c3cccc(OC(F)(F)F)c3)c3c2CN(Cc2scnc2C)CC3)n1. The third kappa shape index (κ3) is 6.13. The number of alkyl halides is 3. The topological polar surface area (TPSA) is 93.4 Å². The molecule has 4 aromatic rings. The minimum Gasteiger partial charge on any atom is -0.406 e. The van der Waals surface area contributed by atoms with Crippen LogP contribution in [-0.2, 0) is 30.8 Å². The lowest BCUT2D eigenvalue weighted by molar-refractivity contribution is -0.274. The number of aromatic nitrogens is 3. The van der Waals surface area contributed by atoms with Gasteiger partial charge in [0.2, 0.25) is 11.8 Å². The van der Waals surface area contributed by atoms with Crippen molar-refractivity contribution in [2.75, 3.05) is 6.54 Å². The predicted octanol–water partition coefficient (Wildman–Crippen LogP) is 5.69. The van der Waals surface area contributed by atoms with Gasteiger partial charge in [0.05, 0.1) is 23.0 Å². The van der Waals surface area contributed by atoms with Crippen LogP contribution in [0.1, 0.15) is 51.3 Å². The molecule has 0 saturated heterocycles. The Morgan fingerprint density at radius 2 is 2.07 bits per heavy atom. The summed E-state index contributed by atoms with van der Waals surface area (Å²) >= 11 is 1.63. The van der Waals surface area contributed by atoms with E-state index in [2.05, 4.69) is 30.1 Å². The number of benzene rings is 2. The highest BCUT2D eigenvalue weighted by Gasteiger charge is 2.47. The van der Waals surface area contributed by atoms with E-state index in [1.54, 1.807) is 30.4 Å². The first kappa shape index (κ1) is 27.4. The molecule has 2 aromatic carbocycles. The van der Waals surface area contributed by atoms with Crippen molar-refractivity contribution in [3.05, 3.63) is 80.9 Å². The second kappa shape index (κ2) is 10.9. The highest BCUT2D eigenvalue weighted by atomic mass is 32.1. The molecular formula is C29H28F3N5O3S. The predicted molar refractivity (Wildman–Crippen MR) is 145 cm³/mol. The zero-order valence-corrected chi connectivity index (χ0v) is 23.3. The summed E-state index contributed by atoms with van der Waals surface area (Å²) in [7, 11) is 0. The van der Waals surface area contributed by atoms with E-state index in [0.29, 0.717) is 36.8 Å². The van der Waals surface area contributed by atoms with Crippen LogP contribution in [0.4, 0.5) is 13.2 Å². The maximum atomic E-state index is 13.0. The highest BCUT2D eigenvalue weighted by Crippen LogP contribution is 2.47. The summed E-state index contributed by atoms with van der Waals surface area (Å²) in [5.41, 5.74) is 7.52. The molecule has 1 N–H and O–H groups in total. The van der Waals surface area contributed by atoms with Crippen molar-refractivity contribution < 1.29 is 27.2 Å². The smallest absolute Gasteiger partial charge is 0.406 e. The lowest BCUT2D eigenvalue weighted by Gasteiger charge is -2.32. The van der Waals surface area contributed by atoms with Crippen LogP contribution in [0.15, 0.2) is 46.4 Å². The van der Waals surface area contributed by atoms with Crippen molar-refractivity contribution in [3.8, 4) is 16.9 Å². The van der Waals surface area contributed by atoms with Crippen molar-refractivity contribution in [1.82, 2.24) is 25.3 Å². The first-order valence-electron chi connectivity index (χ1n) is 13.3. The molecule has 8 nitrogen and oxygen atoms in total. The van der Waals surface area contributed by atoms with Crippen molar-refractivity contribution in [2.45, 2.75) is 58.6 Å². The fourth-order valence-electron chi connectivity index (χ4n) is 5.44. The van der Waals surface area contributed by atoms with Gasteiger partial charge in [-0.05, 0) is 66.6 Å². The van der Waals surface area contributed by atoms with E-state index in [4.69, 9.17) is 4.52 Å². The van der Waals surface area contributed by atoms with Crippen molar-refractivity contribution >= 4 is 17.2 Å². The van der Waals surface area contributed by atoms with Crippen LogP contribution in [-0.4, -0.2) is 38.8 Å². The average molecular weight is 584 g/mol. The van der Waals surface area contributed by atoms with Crippen LogP contribution in [0.2, 0.25) is 0 Å². The molecule has 214 valence electrons. The van der Waals surface area contributed by atoms with Crippen LogP contribution in [0.3, 0.4) is 0 Å². The fourth-order valence-corrected chi connectivity index (χ4v) is 6.26. The van der Waals surface area contributed by atoms with Gasteiger partial charge in [0.15, 0.2) is 5.82 Å². The van der Waals surface area contributed by atoms with Crippen molar-refractivity contribution in [3.63, 3.8) is 0 Å². The summed E-state index contributed by atoms with van der Waals surface area (Å²) in [5.74, 6) is 0.465. The van der Waals surface area contributed by atoms with Gasteiger partial charge in [0.1, 0.15) is 5.75 Å². The number of halogens is 3. The van der Waals surface area contributed by atoms with Gasteiger partial charge in [-0.2, -0.15) is 4.98 Å². The van der Waals surface area contributed by atoms with E-state index in [1.807, 2.05) is 24.6 Å². The molecule has 0 spiro atoms. The Hall–Kier alpha value is -3.77. The van der Waals surface area contributed by atoms with Crippen molar-refractivity contribution in [2.24, 2.45) is 5.92 Å². The fraction of sp³-hybridized carbons (Fsp3) is 0.379. The molecule has 2 aliphatic rings. The number of nitrogens with zero attached hydrogens (tertiary/aromatic N) is 4. The summed E-state index contributed by atoms with van der Waals surface area (Å²) in [6.07, 6.45) is -3.38. The molecule has 2 aromatic heterocycles. The molecule has 12 heteroatoms. The van der Waals surface area contributed by atoms with E-state index < -0.39 is 6.36 Å². The largest absolute Gasteiger partial charge is 0.573 e. The molecule has 1 aliphatic heterocycles. The molecule has 1 fully saturated rings. The number of carbonyl (C=O) groups excluding carboxylic acids is 1. The van der Waals surface area contributed by atoms with Crippen LogP contribution in [0.25, 0.3) is 11.1 Å². The maximum absolute atomic E-state index is 13.0. The molecular weight excluding hydrogens is 555 g/mol. The van der Waals surface area contributed by atoms with E-state index in [1.165, 1.54) is 17.0 Å². The Kier molecular flexibility index (Phi) is 7.28. The molecule has 1 amide bonds. The summed E-state index contributed by atoms with van der Waals surface area (Å²) < 4.78 is 48.1. The second-order valence-corrected chi connectivity index (χ2v) is 11.4. The molecule has 2 atom stereocenters. The van der Waals surface area contributed by atoms with Crippen molar-refractivity contribution in [1.29, 1.82) is 0 Å². The molecule has 1 saturated carbocycles. The van der Waals surface area contributed by atoms with Gasteiger partial charge in [-0.15, -0.1) is 24.5 Å². The first-order chi connectivity index (χ1) is 19.6. The Bertz CT molecular complexity index is 1580. The number of nitrogens with one attached hydrogen (secondary N) is 1.